The summed E-state index contributed by atoms with van der Waals surface area (Å²) in [5, 5.41) is 3.51. The molecule has 1 N–H and O–H groups in total. The van der Waals surface area contributed by atoms with Gasteiger partial charge in [-0.05, 0) is 31.0 Å². The summed E-state index contributed by atoms with van der Waals surface area (Å²) in [6.45, 7) is 8.35. The van der Waals surface area contributed by atoms with Gasteiger partial charge in [-0.25, -0.2) is 0 Å². The van der Waals surface area contributed by atoms with Crippen molar-refractivity contribution in [3.05, 3.63) is 29.3 Å². The summed E-state index contributed by atoms with van der Waals surface area (Å²) in [6.07, 6.45) is 1.16. The van der Waals surface area contributed by atoms with E-state index in [9.17, 15) is 0 Å². The van der Waals surface area contributed by atoms with Crippen LogP contribution in [0, 0.1) is 0 Å². The number of para-hydroxylation sites is 1. The van der Waals surface area contributed by atoms with Gasteiger partial charge in [-0.3, -0.25) is 4.90 Å². The van der Waals surface area contributed by atoms with E-state index in [1.165, 1.54) is 16.8 Å². The lowest BCUT2D eigenvalue weighted by Gasteiger charge is -2.28. The fraction of sp³-hybridized carbons (Fsp3) is 0.600. The van der Waals surface area contributed by atoms with E-state index in [-0.39, 0.29) is 0 Å². The molecule has 0 saturated heterocycles. The van der Waals surface area contributed by atoms with Gasteiger partial charge in [-0.2, -0.15) is 0 Å². The molecule has 0 radical (unpaired) electrons. The van der Waals surface area contributed by atoms with E-state index < -0.39 is 0 Å². The molecule has 0 aromatic heterocycles. The van der Waals surface area contributed by atoms with Crippen molar-refractivity contribution >= 4 is 5.69 Å². The molecule has 0 saturated carbocycles. The standard InChI is InChI=1S/C15H24N2O/c1-4-17(12(2)11-18-3)10-14-7-5-6-13-8-9-16-15(13)14/h5-7,12,16H,4,8-11H2,1-3H3. The molecule has 3 heteroatoms. The number of likely N-dealkylation sites (N-methyl/N-ethyl adjacent to an activating group) is 1. The third-order valence-corrected chi connectivity index (χ3v) is 3.74. The molecule has 0 bridgehead atoms. The topological polar surface area (TPSA) is 24.5 Å². The maximum Gasteiger partial charge on any atom is 0.0615 e. The molecule has 1 aromatic rings. The normalized spacial score (nSPS) is 15.6. The smallest absolute Gasteiger partial charge is 0.0615 e. The van der Waals surface area contributed by atoms with Gasteiger partial charge in [0, 0.05) is 31.9 Å². The zero-order valence-corrected chi connectivity index (χ0v) is 11.7. The molecule has 1 heterocycles. The molecule has 100 valence electrons. The fourth-order valence-corrected chi connectivity index (χ4v) is 2.69. The highest BCUT2D eigenvalue weighted by molar-refractivity contribution is 5.61. The molecule has 2 rings (SSSR count). The van der Waals surface area contributed by atoms with Crippen molar-refractivity contribution in [2.45, 2.75) is 32.9 Å². The second-order valence-corrected chi connectivity index (χ2v) is 5.00. The van der Waals surface area contributed by atoms with Crippen LogP contribution < -0.4 is 5.32 Å². The van der Waals surface area contributed by atoms with E-state index >= 15 is 0 Å². The summed E-state index contributed by atoms with van der Waals surface area (Å²) < 4.78 is 5.26. The largest absolute Gasteiger partial charge is 0.384 e. The molecule has 1 aliphatic rings. The number of rotatable bonds is 6. The van der Waals surface area contributed by atoms with Crippen LogP contribution in [0.2, 0.25) is 0 Å². The molecule has 3 nitrogen and oxygen atoms in total. The molecular weight excluding hydrogens is 224 g/mol. The quantitative estimate of drug-likeness (QED) is 0.837. The van der Waals surface area contributed by atoms with Crippen LogP contribution in [0.4, 0.5) is 5.69 Å². The zero-order valence-electron chi connectivity index (χ0n) is 11.7. The van der Waals surface area contributed by atoms with Gasteiger partial charge >= 0.3 is 0 Å². The summed E-state index contributed by atoms with van der Waals surface area (Å²) in [7, 11) is 1.77. The van der Waals surface area contributed by atoms with Crippen molar-refractivity contribution in [2.75, 3.05) is 32.1 Å². The lowest BCUT2D eigenvalue weighted by Crippen LogP contribution is -2.35. The van der Waals surface area contributed by atoms with E-state index in [1.807, 2.05) is 0 Å². The van der Waals surface area contributed by atoms with Gasteiger partial charge in [0.15, 0.2) is 0 Å². The number of nitrogens with one attached hydrogen (secondary N) is 1. The van der Waals surface area contributed by atoms with Crippen LogP contribution in [0.25, 0.3) is 0 Å². The Kier molecular flexibility index (Phi) is 4.61. The minimum atomic E-state index is 0.456. The van der Waals surface area contributed by atoms with E-state index in [0.717, 1.165) is 32.7 Å². The molecule has 1 aromatic carbocycles. The second kappa shape index (κ2) is 6.21. The van der Waals surface area contributed by atoms with Crippen molar-refractivity contribution < 1.29 is 4.74 Å². The highest BCUT2D eigenvalue weighted by atomic mass is 16.5. The highest BCUT2D eigenvalue weighted by Crippen LogP contribution is 2.27. The van der Waals surface area contributed by atoms with E-state index in [4.69, 9.17) is 4.74 Å². The van der Waals surface area contributed by atoms with Crippen LogP contribution >= 0.6 is 0 Å². The van der Waals surface area contributed by atoms with Gasteiger partial charge in [0.1, 0.15) is 0 Å². The minimum absolute atomic E-state index is 0.456. The van der Waals surface area contributed by atoms with Crippen molar-refractivity contribution in [3.8, 4) is 0 Å². The summed E-state index contributed by atoms with van der Waals surface area (Å²) in [5.74, 6) is 0. The monoisotopic (exact) mass is 248 g/mol. The number of ether oxygens (including phenoxy) is 1. The molecule has 1 unspecified atom stereocenters. The Morgan fingerprint density at radius 2 is 2.28 bits per heavy atom. The Bertz CT molecular complexity index is 392. The summed E-state index contributed by atoms with van der Waals surface area (Å²) in [4.78, 5) is 2.46. The Labute approximate surface area is 110 Å². The van der Waals surface area contributed by atoms with Gasteiger partial charge in [0.2, 0.25) is 0 Å². The van der Waals surface area contributed by atoms with Gasteiger partial charge in [-0.1, -0.05) is 25.1 Å². The van der Waals surface area contributed by atoms with Crippen LogP contribution in [-0.4, -0.2) is 37.7 Å². The molecule has 0 amide bonds. The van der Waals surface area contributed by atoms with Crippen LogP contribution in [0.5, 0.6) is 0 Å². The second-order valence-electron chi connectivity index (χ2n) is 5.00. The molecule has 0 spiro atoms. The summed E-state index contributed by atoms with van der Waals surface area (Å²) in [6, 6.07) is 7.10. The van der Waals surface area contributed by atoms with Crippen LogP contribution in [0.3, 0.4) is 0 Å². The zero-order chi connectivity index (χ0) is 13.0. The predicted molar refractivity (Wildman–Crippen MR) is 76.1 cm³/mol. The maximum absolute atomic E-state index is 5.26. The summed E-state index contributed by atoms with van der Waals surface area (Å²) in [5.41, 5.74) is 4.23. The third-order valence-electron chi connectivity index (χ3n) is 3.74. The number of anilines is 1. The van der Waals surface area contributed by atoms with Crippen LogP contribution in [0.15, 0.2) is 18.2 Å². The van der Waals surface area contributed by atoms with Crippen molar-refractivity contribution in [2.24, 2.45) is 0 Å². The number of benzene rings is 1. The van der Waals surface area contributed by atoms with Gasteiger partial charge in [0.25, 0.3) is 0 Å². The molecule has 0 aliphatic carbocycles. The van der Waals surface area contributed by atoms with Gasteiger partial charge in [0.05, 0.1) is 6.61 Å². The summed E-state index contributed by atoms with van der Waals surface area (Å²) >= 11 is 0. The van der Waals surface area contributed by atoms with Crippen molar-refractivity contribution in [1.29, 1.82) is 0 Å². The van der Waals surface area contributed by atoms with Crippen molar-refractivity contribution in [3.63, 3.8) is 0 Å². The first-order chi connectivity index (χ1) is 8.76. The van der Waals surface area contributed by atoms with E-state index in [0.29, 0.717) is 6.04 Å². The van der Waals surface area contributed by atoms with Crippen molar-refractivity contribution in [1.82, 2.24) is 4.90 Å². The molecular formula is C15H24N2O. The number of fused-ring (bicyclic) bond motifs is 1. The van der Waals surface area contributed by atoms with Crippen LogP contribution in [0.1, 0.15) is 25.0 Å². The van der Waals surface area contributed by atoms with E-state index in [2.05, 4.69) is 42.3 Å². The first-order valence-corrected chi connectivity index (χ1v) is 6.83. The lowest BCUT2D eigenvalue weighted by atomic mass is 10.1. The Hall–Kier alpha value is -1.06. The van der Waals surface area contributed by atoms with Gasteiger partial charge in [-0.15, -0.1) is 0 Å². The minimum Gasteiger partial charge on any atom is -0.384 e. The SMILES string of the molecule is CCN(Cc1cccc2c1NCC2)C(C)COC. The first kappa shape index (κ1) is 13.4. The number of methoxy groups -OCH3 is 1. The first-order valence-electron chi connectivity index (χ1n) is 6.83. The number of hydrogen-bond donors (Lipinski definition) is 1. The molecule has 1 aliphatic heterocycles. The number of nitrogens with zero attached hydrogens (tertiary/aromatic N) is 1. The lowest BCUT2D eigenvalue weighted by molar-refractivity contribution is 0.0983. The highest BCUT2D eigenvalue weighted by Gasteiger charge is 2.17. The predicted octanol–water partition coefficient (Wildman–Crippen LogP) is 2.51. The molecule has 1 atom stereocenters. The molecule has 0 fully saturated rings. The third kappa shape index (κ3) is 2.85. The Morgan fingerprint density at radius 1 is 1.44 bits per heavy atom. The van der Waals surface area contributed by atoms with E-state index in [1.54, 1.807) is 7.11 Å². The number of hydrogen-bond acceptors (Lipinski definition) is 3. The fourth-order valence-electron chi connectivity index (χ4n) is 2.69. The van der Waals surface area contributed by atoms with Gasteiger partial charge < -0.3 is 10.1 Å². The Morgan fingerprint density at radius 3 is 3.00 bits per heavy atom. The van der Waals surface area contributed by atoms with Crippen LogP contribution in [-0.2, 0) is 17.7 Å². The Balaban J connectivity index is 2.10. The molecule has 18 heavy (non-hydrogen) atoms. The average Bonchev–Trinajstić information content (AvgIpc) is 2.85. The average molecular weight is 248 g/mol. The maximum atomic E-state index is 5.26.